The van der Waals surface area contributed by atoms with Gasteiger partial charge < -0.3 is 10.5 Å². The number of halogens is 1. The number of nitriles is 2. The van der Waals surface area contributed by atoms with E-state index >= 15 is 0 Å². The molecule has 0 spiro atoms. The zero-order chi connectivity index (χ0) is 15.9. The lowest BCUT2D eigenvalue weighted by atomic mass is 9.86. The largest absolute Gasteiger partial charge is 0.397 e. The van der Waals surface area contributed by atoms with E-state index in [0.29, 0.717) is 22.8 Å². The second-order valence-corrected chi connectivity index (χ2v) is 5.55. The molecule has 2 aromatic carbocycles. The number of hydrogen-bond acceptors (Lipinski definition) is 4. The maximum atomic E-state index is 9.53. The molecule has 0 aliphatic carbocycles. The van der Waals surface area contributed by atoms with Crippen LogP contribution < -0.4 is 5.73 Å². The maximum absolute atomic E-state index is 9.53. The molecule has 22 heavy (non-hydrogen) atoms. The van der Waals surface area contributed by atoms with Crippen molar-refractivity contribution in [2.45, 2.75) is 19.6 Å². The van der Waals surface area contributed by atoms with E-state index < -0.39 is 0 Å². The minimum absolute atomic E-state index is 0.214. The lowest BCUT2D eigenvalue weighted by Crippen LogP contribution is -2.05. The van der Waals surface area contributed by atoms with E-state index in [9.17, 15) is 10.5 Å². The predicted octanol–water partition coefficient (Wildman–Crippen LogP) is 3.92. The Balaban J connectivity index is 2.41. The van der Waals surface area contributed by atoms with Crippen LogP contribution in [0, 0.1) is 22.7 Å². The number of benzene rings is 2. The summed E-state index contributed by atoms with van der Waals surface area (Å²) in [4.78, 5) is 0. The van der Waals surface area contributed by atoms with Gasteiger partial charge >= 0.3 is 0 Å². The second-order valence-electron chi connectivity index (χ2n) is 5.11. The summed E-state index contributed by atoms with van der Waals surface area (Å²) in [5, 5.41) is 19.5. The Bertz CT molecular complexity index is 844. The Kier molecular flexibility index (Phi) is 3.50. The monoisotopic (exact) mass is 309 g/mol. The minimum atomic E-state index is -0.217. The Labute approximate surface area is 133 Å². The number of nitrogen functional groups attached to an aromatic ring is 1. The van der Waals surface area contributed by atoms with Gasteiger partial charge in [0.1, 0.15) is 12.1 Å². The van der Waals surface area contributed by atoms with Crippen LogP contribution in [0.25, 0.3) is 11.1 Å². The molecule has 0 saturated carbocycles. The van der Waals surface area contributed by atoms with Crippen LogP contribution in [0.2, 0.25) is 5.02 Å². The van der Waals surface area contributed by atoms with Crippen molar-refractivity contribution >= 4 is 17.3 Å². The van der Waals surface area contributed by atoms with Crippen LogP contribution >= 0.6 is 11.6 Å². The van der Waals surface area contributed by atoms with Gasteiger partial charge in [0.15, 0.2) is 0 Å². The minimum Gasteiger partial charge on any atom is -0.397 e. The first kappa shape index (κ1) is 14.4. The SMILES string of the molecule is CC1OCc2c(-c3ccc(Cl)cc3)c(C#N)c(N)c(C#N)c21. The third kappa shape index (κ3) is 2.02. The molecule has 0 fully saturated rings. The first-order valence-electron chi connectivity index (χ1n) is 6.74. The molecule has 1 unspecified atom stereocenters. The van der Waals surface area contributed by atoms with Gasteiger partial charge in [0.05, 0.1) is 29.5 Å². The molecule has 2 N–H and O–H groups in total. The topological polar surface area (TPSA) is 82.8 Å². The van der Waals surface area contributed by atoms with Gasteiger partial charge in [0.2, 0.25) is 0 Å². The van der Waals surface area contributed by atoms with Crippen molar-refractivity contribution in [2.24, 2.45) is 0 Å². The average molecular weight is 310 g/mol. The number of fused-ring (bicyclic) bond motifs is 1. The van der Waals surface area contributed by atoms with Gasteiger partial charge in [0.25, 0.3) is 0 Å². The van der Waals surface area contributed by atoms with E-state index in [2.05, 4.69) is 12.1 Å². The normalized spacial score (nSPS) is 15.9. The molecule has 3 rings (SSSR count). The third-order valence-corrected chi connectivity index (χ3v) is 4.18. The summed E-state index contributed by atoms with van der Waals surface area (Å²) >= 11 is 5.93. The Morgan fingerprint density at radius 3 is 2.41 bits per heavy atom. The van der Waals surface area contributed by atoms with Crippen LogP contribution in [0.3, 0.4) is 0 Å². The first-order valence-corrected chi connectivity index (χ1v) is 7.12. The lowest BCUT2D eigenvalue weighted by molar-refractivity contribution is 0.0796. The van der Waals surface area contributed by atoms with Crippen LogP contribution in [-0.4, -0.2) is 0 Å². The molecule has 4 nitrogen and oxygen atoms in total. The molecule has 5 heteroatoms. The highest BCUT2D eigenvalue weighted by molar-refractivity contribution is 6.30. The van der Waals surface area contributed by atoms with E-state index in [1.807, 2.05) is 19.1 Å². The van der Waals surface area contributed by atoms with Crippen LogP contribution in [0.4, 0.5) is 5.69 Å². The highest BCUT2D eigenvalue weighted by atomic mass is 35.5. The number of rotatable bonds is 1. The zero-order valence-corrected chi connectivity index (χ0v) is 12.6. The number of ether oxygens (including phenoxy) is 1. The summed E-state index contributed by atoms with van der Waals surface area (Å²) in [5.74, 6) is 0. The zero-order valence-electron chi connectivity index (χ0n) is 11.9. The van der Waals surface area contributed by atoms with Gasteiger partial charge in [-0.15, -0.1) is 0 Å². The van der Waals surface area contributed by atoms with Gasteiger partial charge in [-0.3, -0.25) is 0 Å². The van der Waals surface area contributed by atoms with Crippen molar-refractivity contribution in [3.63, 3.8) is 0 Å². The van der Waals surface area contributed by atoms with Crippen LogP contribution in [0.5, 0.6) is 0 Å². The van der Waals surface area contributed by atoms with Crippen molar-refractivity contribution in [3.8, 4) is 23.3 Å². The number of hydrogen-bond donors (Lipinski definition) is 1. The summed E-state index contributed by atoms with van der Waals surface area (Å²) in [6, 6.07) is 11.4. The molecule has 0 aromatic heterocycles. The lowest BCUT2D eigenvalue weighted by Gasteiger charge is -2.15. The van der Waals surface area contributed by atoms with Crippen LogP contribution in [0.15, 0.2) is 24.3 Å². The van der Waals surface area contributed by atoms with Crippen molar-refractivity contribution < 1.29 is 4.74 Å². The van der Waals surface area contributed by atoms with Crippen molar-refractivity contribution in [1.29, 1.82) is 10.5 Å². The molecule has 1 aliphatic heterocycles. The molecule has 0 amide bonds. The standard InChI is InChI=1S/C17H12ClN3O/c1-9-15-12(6-19)17(21)13(7-20)16(14(15)8-22-9)10-2-4-11(18)5-3-10/h2-5,9H,8,21H2,1H3. The molecule has 1 aliphatic rings. The summed E-state index contributed by atoms with van der Waals surface area (Å²) in [7, 11) is 0. The van der Waals surface area contributed by atoms with E-state index in [1.54, 1.807) is 12.1 Å². The highest BCUT2D eigenvalue weighted by Gasteiger charge is 2.31. The highest BCUT2D eigenvalue weighted by Crippen LogP contribution is 2.44. The van der Waals surface area contributed by atoms with E-state index in [1.165, 1.54) is 0 Å². The molecule has 2 aromatic rings. The quantitative estimate of drug-likeness (QED) is 0.809. The fourth-order valence-electron chi connectivity index (χ4n) is 2.90. The first-order chi connectivity index (χ1) is 10.6. The predicted molar refractivity (Wildman–Crippen MR) is 83.9 cm³/mol. The maximum Gasteiger partial charge on any atom is 0.102 e. The Morgan fingerprint density at radius 2 is 1.82 bits per heavy atom. The molecule has 0 saturated heterocycles. The smallest absolute Gasteiger partial charge is 0.102 e. The van der Waals surface area contributed by atoms with Gasteiger partial charge in [-0.05, 0) is 30.2 Å². The third-order valence-electron chi connectivity index (χ3n) is 3.93. The van der Waals surface area contributed by atoms with Crippen LogP contribution in [0.1, 0.15) is 35.3 Å². The molecule has 0 bridgehead atoms. The van der Waals surface area contributed by atoms with E-state index in [0.717, 1.165) is 22.3 Å². The van der Waals surface area contributed by atoms with Gasteiger partial charge in [0, 0.05) is 16.1 Å². The number of nitrogens with two attached hydrogens (primary N) is 1. The summed E-state index contributed by atoms with van der Waals surface area (Å²) in [6.07, 6.45) is -0.217. The van der Waals surface area contributed by atoms with Crippen molar-refractivity contribution in [2.75, 3.05) is 5.73 Å². The van der Waals surface area contributed by atoms with Gasteiger partial charge in [-0.1, -0.05) is 23.7 Å². The van der Waals surface area contributed by atoms with Crippen molar-refractivity contribution in [1.82, 2.24) is 0 Å². The van der Waals surface area contributed by atoms with Gasteiger partial charge in [-0.2, -0.15) is 10.5 Å². The Morgan fingerprint density at radius 1 is 1.18 bits per heavy atom. The number of nitrogens with zero attached hydrogens (tertiary/aromatic N) is 2. The average Bonchev–Trinajstić information content (AvgIpc) is 2.89. The molecular formula is C17H12ClN3O. The fraction of sp³-hybridized carbons (Fsp3) is 0.176. The second kappa shape index (κ2) is 5.35. The van der Waals surface area contributed by atoms with E-state index in [4.69, 9.17) is 22.1 Å². The fourth-order valence-corrected chi connectivity index (χ4v) is 3.03. The summed E-state index contributed by atoms with van der Waals surface area (Å²) in [6.45, 7) is 2.24. The van der Waals surface area contributed by atoms with E-state index in [-0.39, 0.29) is 11.8 Å². The summed E-state index contributed by atoms with van der Waals surface area (Å²) in [5.41, 5.74) is 10.2. The molecule has 0 radical (unpaired) electrons. The number of anilines is 1. The molecule has 1 heterocycles. The summed E-state index contributed by atoms with van der Waals surface area (Å²) < 4.78 is 5.66. The van der Waals surface area contributed by atoms with Crippen LogP contribution in [-0.2, 0) is 11.3 Å². The molecule has 1 atom stereocenters. The Hall–Kier alpha value is -2.53. The van der Waals surface area contributed by atoms with Crippen molar-refractivity contribution in [3.05, 3.63) is 51.5 Å². The molecule has 108 valence electrons. The molecular weight excluding hydrogens is 298 g/mol. The van der Waals surface area contributed by atoms with Gasteiger partial charge in [-0.25, -0.2) is 0 Å².